The summed E-state index contributed by atoms with van der Waals surface area (Å²) in [7, 11) is 0. The fourth-order valence-corrected chi connectivity index (χ4v) is 3.11. The molecule has 2 N–H and O–H groups in total. The highest BCUT2D eigenvalue weighted by atomic mass is 16.5. The number of hydrogen-bond acceptors (Lipinski definition) is 3. The van der Waals surface area contributed by atoms with Crippen LogP contribution in [-0.4, -0.2) is 31.5 Å². The van der Waals surface area contributed by atoms with Crippen molar-refractivity contribution in [1.82, 2.24) is 5.32 Å². The van der Waals surface area contributed by atoms with E-state index < -0.39 is 0 Å². The number of nitrogens with one attached hydrogen (secondary N) is 1. The van der Waals surface area contributed by atoms with Crippen molar-refractivity contribution in [3.63, 3.8) is 0 Å². The monoisotopic (exact) mass is 261 g/mol. The number of fused-ring (bicyclic) bond motifs is 1. The van der Waals surface area contributed by atoms with Gasteiger partial charge in [0.15, 0.2) is 0 Å². The zero-order chi connectivity index (χ0) is 13.1. The van der Waals surface area contributed by atoms with Gasteiger partial charge in [-0.3, -0.25) is 0 Å². The van der Waals surface area contributed by atoms with Gasteiger partial charge in [-0.25, -0.2) is 0 Å². The van der Waals surface area contributed by atoms with Crippen LogP contribution < -0.4 is 5.32 Å². The highest BCUT2D eigenvalue weighted by Crippen LogP contribution is 2.31. The molecule has 3 nitrogen and oxygen atoms in total. The third kappa shape index (κ3) is 2.69. The Labute approximate surface area is 115 Å². The van der Waals surface area contributed by atoms with E-state index in [-0.39, 0.29) is 12.0 Å². The minimum absolute atomic E-state index is 0.0404. The molecule has 2 aliphatic rings. The highest BCUT2D eigenvalue weighted by molar-refractivity contribution is 5.31. The first-order chi connectivity index (χ1) is 9.33. The predicted molar refractivity (Wildman–Crippen MR) is 75.1 cm³/mol. The van der Waals surface area contributed by atoms with E-state index in [9.17, 15) is 5.11 Å². The van der Waals surface area contributed by atoms with Gasteiger partial charge in [0.05, 0.1) is 25.2 Å². The maximum atomic E-state index is 9.50. The van der Waals surface area contributed by atoms with Crippen molar-refractivity contribution in [3.05, 3.63) is 35.4 Å². The number of rotatable bonds is 4. The molecule has 0 spiro atoms. The molecule has 1 saturated heterocycles. The van der Waals surface area contributed by atoms with Gasteiger partial charge in [-0.05, 0) is 30.4 Å². The van der Waals surface area contributed by atoms with Crippen LogP contribution in [0.15, 0.2) is 24.3 Å². The average Bonchev–Trinajstić information content (AvgIpc) is 2.61. The number of benzene rings is 1. The zero-order valence-electron chi connectivity index (χ0n) is 11.4. The first-order valence-electron chi connectivity index (χ1n) is 7.33. The molecule has 3 heteroatoms. The van der Waals surface area contributed by atoms with Gasteiger partial charge in [-0.1, -0.05) is 30.7 Å². The van der Waals surface area contributed by atoms with Crippen LogP contribution in [0.5, 0.6) is 0 Å². The molecule has 104 valence electrons. The Morgan fingerprint density at radius 3 is 2.84 bits per heavy atom. The summed E-state index contributed by atoms with van der Waals surface area (Å²) in [5.74, 6) is 0. The van der Waals surface area contributed by atoms with E-state index in [0.717, 1.165) is 6.54 Å². The van der Waals surface area contributed by atoms with Gasteiger partial charge in [-0.2, -0.15) is 0 Å². The summed E-state index contributed by atoms with van der Waals surface area (Å²) in [6.45, 7) is 2.44. The van der Waals surface area contributed by atoms with Gasteiger partial charge in [0.25, 0.3) is 0 Å². The lowest BCUT2D eigenvalue weighted by atomic mass is 9.86. The van der Waals surface area contributed by atoms with Crippen LogP contribution in [0.2, 0.25) is 0 Å². The second-order valence-corrected chi connectivity index (χ2v) is 6.03. The van der Waals surface area contributed by atoms with Crippen molar-refractivity contribution >= 4 is 0 Å². The van der Waals surface area contributed by atoms with E-state index in [1.807, 2.05) is 0 Å². The van der Waals surface area contributed by atoms with Gasteiger partial charge in [0, 0.05) is 12.6 Å². The second kappa shape index (κ2) is 5.61. The smallest absolute Gasteiger partial charge is 0.0579 e. The standard InChI is InChI=1S/C16H23NO2/c18-10-16(11-19-12-16)9-17-15-8-4-2-6-13-5-1-3-7-14(13)15/h1,3,5,7,15,17-18H,2,4,6,8-12H2. The third-order valence-corrected chi connectivity index (χ3v) is 4.49. The van der Waals surface area contributed by atoms with Crippen LogP contribution in [-0.2, 0) is 11.2 Å². The van der Waals surface area contributed by atoms with Gasteiger partial charge in [0.2, 0.25) is 0 Å². The second-order valence-electron chi connectivity index (χ2n) is 6.03. The molecule has 1 atom stereocenters. The Morgan fingerprint density at radius 1 is 1.26 bits per heavy atom. The van der Waals surface area contributed by atoms with Crippen LogP contribution in [0, 0.1) is 5.41 Å². The van der Waals surface area contributed by atoms with E-state index >= 15 is 0 Å². The van der Waals surface area contributed by atoms with Gasteiger partial charge in [-0.15, -0.1) is 0 Å². The van der Waals surface area contributed by atoms with E-state index in [4.69, 9.17) is 4.74 Å². The Kier molecular flexibility index (Phi) is 3.87. The Bertz CT molecular complexity index is 423. The molecule has 1 heterocycles. The molecule has 1 aliphatic heterocycles. The maximum absolute atomic E-state index is 9.50. The molecule has 1 fully saturated rings. The molecule has 1 aromatic carbocycles. The van der Waals surface area contributed by atoms with Crippen LogP contribution in [0.4, 0.5) is 0 Å². The van der Waals surface area contributed by atoms with Crippen LogP contribution in [0.3, 0.4) is 0 Å². The summed E-state index contributed by atoms with van der Waals surface area (Å²) in [4.78, 5) is 0. The quantitative estimate of drug-likeness (QED) is 0.815. The van der Waals surface area contributed by atoms with E-state index in [1.165, 1.54) is 36.8 Å². The maximum Gasteiger partial charge on any atom is 0.0579 e. The van der Waals surface area contributed by atoms with Crippen molar-refractivity contribution in [3.8, 4) is 0 Å². The largest absolute Gasteiger partial charge is 0.396 e. The third-order valence-electron chi connectivity index (χ3n) is 4.49. The summed E-state index contributed by atoms with van der Waals surface area (Å²) >= 11 is 0. The summed E-state index contributed by atoms with van der Waals surface area (Å²) < 4.78 is 5.26. The Morgan fingerprint density at radius 2 is 2.11 bits per heavy atom. The van der Waals surface area contributed by atoms with Crippen LogP contribution >= 0.6 is 0 Å². The summed E-state index contributed by atoms with van der Waals surface area (Å²) in [5, 5.41) is 13.2. The number of aliphatic hydroxyl groups excluding tert-OH is 1. The molecule has 1 aliphatic carbocycles. The Hall–Kier alpha value is -0.900. The number of aliphatic hydroxyl groups is 1. The van der Waals surface area contributed by atoms with E-state index in [0.29, 0.717) is 19.3 Å². The number of ether oxygens (including phenoxy) is 1. The van der Waals surface area contributed by atoms with E-state index in [1.54, 1.807) is 0 Å². The predicted octanol–water partition coefficient (Wildman–Crippen LogP) is 2.05. The highest BCUT2D eigenvalue weighted by Gasteiger charge is 2.38. The molecular weight excluding hydrogens is 238 g/mol. The molecule has 0 bridgehead atoms. The topological polar surface area (TPSA) is 41.5 Å². The van der Waals surface area contributed by atoms with E-state index in [2.05, 4.69) is 29.6 Å². The first kappa shape index (κ1) is 13.1. The normalized spacial score (nSPS) is 25.2. The van der Waals surface area contributed by atoms with Gasteiger partial charge < -0.3 is 15.2 Å². The first-order valence-corrected chi connectivity index (χ1v) is 7.33. The molecule has 0 aromatic heterocycles. The molecule has 1 aromatic rings. The SMILES string of the molecule is OCC1(CNC2CCCCc3ccccc32)COC1. The molecule has 0 amide bonds. The number of hydrogen-bond donors (Lipinski definition) is 2. The number of aryl methyl sites for hydroxylation is 1. The molecule has 3 rings (SSSR count). The van der Waals surface area contributed by atoms with Gasteiger partial charge in [0.1, 0.15) is 0 Å². The van der Waals surface area contributed by atoms with Crippen molar-refractivity contribution in [2.75, 3.05) is 26.4 Å². The van der Waals surface area contributed by atoms with Crippen LogP contribution in [0.25, 0.3) is 0 Å². The summed E-state index contributed by atoms with van der Waals surface area (Å²) in [6, 6.07) is 9.21. The van der Waals surface area contributed by atoms with Crippen molar-refractivity contribution in [2.24, 2.45) is 5.41 Å². The lowest BCUT2D eigenvalue weighted by molar-refractivity contribution is -0.135. The molecule has 1 unspecified atom stereocenters. The zero-order valence-corrected chi connectivity index (χ0v) is 11.4. The molecular formula is C16H23NO2. The summed E-state index contributed by atoms with van der Waals surface area (Å²) in [5.41, 5.74) is 2.90. The Balaban J connectivity index is 1.70. The average molecular weight is 261 g/mol. The van der Waals surface area contributed by atoms with Crippen molar-refractivity contribution in [2.45, 2.75) is 31.7 Å². The molecule has 0 saturated carbocycles. The van der Waals surface area contributed by atoms with Gasteiger partial charge >= 0.3 is 0 Å². The van der Waals surface area contributed by atoms with Crippen molar-refractivity contribution in [1.29, 1.82) is 0 Å². The summed E-state index contributed by atoms with van der Waals surface area (Å²) in [6.07, 6.45) is 4.94. The molecule has 19 heavy (non-hydrogen) atoms. The fourth-order valence-electron chi connectivity index (χ4n) is 3.11. The van der Waals surface area contributed by atoms with Crippen molar-refractivity contribution < 1.29 is 9.84 Å². The lowest BCUT2D eigenvalue weighted by Crippen LogP contribution is -2.52. The minimum atomic E-state index is -0.0404. The molecule has 0 radical (unpaired) electrons. The van der Waals surface area contributed by atoms with Crippen LogP contribution in [0.1, 0.15) is 36.4 Å². The fraction of sp³-hybridized carbons (Fsp3) is 0.625. The minimum Gasteiger partial charge on any atom is -0.396 e. The lowest BCUT2D eigenvalue weighted by Gasteiger charge is -2.41.